The summed E-state index contributed by atoms with van der Waals surface area (Å²) in [4.78, 5) is 23.5. The van der Waals surface area contributed by atoms with E-state index >= 15 is 0 Å². The lowest BCUT2D eigenvalue weighted by Gasteiger charge is -2.09. The van der Waals surface area contributed by atoms with Gasteiger partial charge in [0.2, 0.25) is 0 Å². The van der Waals surface area contributed by atoms with Gasteiger partial charge in [-0.3, -0.25) is 0 Å². The maximum atomic E-state index is 11.8. The van der Waals surface area contributed by atoms with Crippen molar-refractivity contribution in [2.45, 2.75) is 13.3 Å². The van der Waals surface area contributed by atoms with E-state index in [2.05, 4.69) is 15.9 Å². The van der Waals surface area contributed by atoms with Crippen molar-refractivity contribution in [3.63, 3.8) is 0 Å². The first-order valence-electron chi connectivity index (χ1n) is 7.55. The number of carbonyl (C=O) groups is 2. The van der Waals surface area contributed by atoms with Crippen LogP contribution < -0.4 is 9.47 Å². The average molecular weight is 428 g/mol. The van der Waals surface area contributed by atoms with E-state index in [1.54, 1.807) is 18.2 Å². The Balaban J connectivity index is 1.87. The summed E-state index contributed by atoms with van der Waals surface area (Å²) in [5, 5.41) is 0.555. The van der Waals surface area contributed by atoms with Crippen molar-refractivity contribution in [1.29, 1.82) is 0 Å². The fraction of sp³-hybridized carbons (Fsp3) is 0.222. The minimum Gasteiger partial charge on any atom is -0.481 e. The Bertz CT molecular complexity index is 746. The minimum atomic E-state index is -0.567. The van der Waals surface area contributed by atoms with Crippen molar-refractivity contribution < 1.29 is 23.8 Å². The van der Waals surface area contributed by atoms with Crippen LogP contribution in [0.15, 0.2) is 46.9 Å². The van der Waals surface area contributed by atoms with Gasteiger partial charge >= 0.3 is 11.9 Å². The van der Waals surface area contributed by atoms with E-state index in [1.165, 1.54) is 24.3 Å². The molecule has 0 aliphatic heterocycles. The highest BCUT2D eigenvalue weighted by molar-refractivity contribution is 9.10. The van der Waals surface area contributed by atoms with Gasteiger partial charge in [-0.25, -0.2) is 9.59 Å². The van der Waals surface area contributed by atoms with Crippen LogP contribution >= 0.6 is 27.5 Å². The molecule has 0 aliphatic rings. The third-order valence-electron chi connectivity index (χ3n) is 3.00. The SMILES string of the molecule is CCCOC(=O)c1ccc(OC(=O)COc2ccc(Cl)cc2Br)cc1. The van der Waals surface area contributed by atoms with Crippen molar-refractivity contribution in [1.82, 2.24) is 0 Å². The van der Waals surface area contributed by atoms with E-state index in [0.717, 1.165) is 6.42 Å². The predicted octanol–water partition coefficient (Wildman–Crippen LogP) is 4.65. The zero-order chi connectivity index (χ0) is 18.2. The summed E-state index contributed by atoms with van der Waals surface area (Å²) in [5.74, 6) is -0.176. The number of esters is 2. The number of ether oxygens (including phenoxy) is 3. The molecule has 0 radical (unpaired) electrons. The van der Waals surface area contributed by atoms with Crippen LogP contribution in [0.2, 0.25) is 5.02 Å². The largest absolute Gasteiger partial charge is 0.481 e. The van der Waals surface area contributed by atoms with Gasteiger partial charge < -0.3 is 14.2 Å². The van der Waals surface area contributed by atoms with Crippen molar-refractivity contribution >= 4 is 39.5 Å². The highest BCUT2D eigenvalue weighted by atomic mass is 79.9. The Labute approximate surface area is 159 Å². The van der Waals surface area contributed by atoms with Crippen molar-refractivity contribution in [3.8, 4) is 11.5 Å². The van der Waals surface area contributed by atoms with Gasteiger partial charge in [-0.15, -0.1) is 0 Å². The smallest absolute Gasteiger partial charge is 0.349 e. The Morgan fingerprint density at radius 2 is 1.84 bits per heavy atom. The standard InChI is InChI=1S/C18H16BrClO5/c1-2-9-23-18(22)12-3-6-14(7-4-12)25-17(21)11-24-16-8-5-13(20)10-15(16)19/h3-8,10H,2,9,11H2,1H3. The molecule has 0 saturated carbocycles. The Morgan fingerprint density at radius 1 is 1.12 bits per heavy atom. The molecule has 132 valence electrons. The lowest BCUT2D eigenvalue weighted by atomic mass is 10.2. The van der Waals surface area contributed by atoms with Crippen LogP contribution in [-0.2, 0) is 9.53 Å². The Kier molecular flexibility index (Phi) is 7.28. The van der Waals surface area contributed by atoms with Crippen LogP contribution in [0.5, 0.6) is 11.5 Å². The van der Waals surface area contributed by atoms with E-state index < -0.39 is 11.9 Å². The fourth-order valence-electron chi connectivity index (χ4n) is 1.83. The lowest BCUT2D eigenvalue weighted by Crippen LogP contribution is -2.18. The van der Waals surface area contributed by atoms with Crippen molar-refractivity contribution in [3.05, 3.63) is 57.5 Å². The summed E-state index contributed by atoms with van der Waals surface area (Å²) >= 11 is 9.14. The molecule has 2 rings (SSSR count). The average Bonchev–Trinajstić information content (AvgIpc) is 2.59. The topological polar surface area (TPSA) is 61.8 Å². The fourth-order valence-corrected chi connectivity index (χ4v) is 2.62. The molecule has 25 heavy (non-hydrogen) atoms. The summed E-state index contributed by atoms with van der Waals surface area (Å²) in [5.41, 5.74) is 0.398. The van der Waals surface area contributed by atoms with Crippen LogP contribution in [0.25, 0.3) is 0 Å². The molecule has 0 atom stereocenters. The zero-order valence-electron chi connectivity index (χ0n) is 13.5. The highest BCUT2D eigenvalue weighted by Crippen LogP contribution is 2.28. The van der Waals surface area contributed by atoms with Crippen LogP contribution in [0.4, 0.5) is 0 Å². The van der Waals surface area contributed by atoms with Gasteiger partial charge in [0.15, 0.2) is 6.61 Å². The number of halogens is 2. The Hall–Kier alpha value is -2.05. The van der Waals surface area contributed by atoms with Gasteiger partial charge in [-0.1, -0.05) is 18.5 Å². The summed E-state index contributed by atoms with van der Waals surface area (Å²) in [6.45, 7) is 2.02. The molecule has 0 bridgehead atoms. The summed E-state index contributed by atoms with van der Waals surface area (Å²) in [6.07, 6.45) is 0.755. The number of carbonyl (C=O) groups excluding carboxylic acids is 2. The molecule has 7 heteroatoms. The number of hydrogen-bond donors (Lipinski definition) is 0. The quantitative estimate of drug-likeness (QED) is 0.475. The number of rotatable bonds is 7. The molecule has 0 aliphatic carbocycles. The normalized spacial score (nSPS) is 10.2. The molecular formula is C18H16BrClO5. The molecule has 0 heterocycles. The molecule has 0 fully saturated rings. The van der Waals surface area contributed by atoms with E-state index in [-0.39, 0.29) is 6.61 Å². The molecule has 2 aromatic carbocycles. The lowest BCUT2D eigenvalue weighted by molar-refractivity contribution is -0.136. The molecule has 2 aromatic rings. The van der Waals surface area contributed by atoms with Crippen LogP contribution in [0.3, 0.4) is 0 Å². The van der Waals surface area contributed by atoms with Gasteiger partial charge in [0.25, 0.3) is 0 Å². The van der Waals surface area contributed by atoms with E-state index in [1.807, 2.05) is 6.92 Å². The van der Waals surface area contributed by atoms with Crippen LogP contribution in [0.1, 0.15) is 23.7 Å². The predicted molar refractivity (Wildman–Crippen MR) is 97.3 cm³/mol. The monoisotopic (exact) mass is 426 g/mol. The first-order valence-corrected chi connectivity index (χ1v) is 8.72. The van der Waals surface area contributed by atoms with Gasteiger partial charge in [-0.05, 0) is 64.8 Å². The van der Waals surface area contributed by atoms with E-state index in [0.29, 0.717) is 33.2 Å². The molecule has 0 aromatic heterocycles. The molecule has 0 amide bonds. The van der Waals surface area contributed by atoms with Crippen LogP contribution in [-0.4, -0.2) is 25.2 Å². The molecule has 0 spiro atoms. The number of hydrogen-bond acceptors (Lipinski definition) is 5. The van der Waals surface area contributed by atoms with Gasteiger partial charge in [0.05, 0.1) is 16.6 Å². The number of benzene rings is 2. The summed E-state index contributed by atoms with van der Waals surface area (Å²) in [6, 6.07) is 11.1. The molecule has 0 N–H and O–H groups in total. The highest BCUT2D eigenvalue weighted by Gasteiger charge is 2.10. The third kappa shape index (κ3) is 6.07. The second kappa shape index (κ2) is 9.44. The van der Waals surface area contributed by atoms with Gasteiger partial charge in [0, 0.05) is 5.02 Å². The molecule has 5 nitrogen and oxygen atoms in total. The summed E-state index contributed by atoms with van der Waals surface area (Å²) < 4.78 is 16.2. The maximum absolute atomic E-state index is 11.8. The second-order valence-electron chi connectivity index (χ2n) is 5.00. The van der Waals surface area contributed by atoms with Crippen molar-refractivity contribution in [2.75, 3.05) is 13.2 Å². The first-order chi connectivity index (χ1) is 12.0. The Morgan fingerprint density at radius 3 is 2.48 bits per heavy atom. The van der Waals surface area contributed by atoms with Crippen molar-refractivity contribution in [2.24, 2.45) is 0 Å². The molecule has 0 saturated heterocycles. The molecular weight excluding hydrogens is 412 g/mol. The van der Waals surface area contributed by atoms with Gasteiger partial charge in [0.1, 0.15) is 11.5 Å². The second-order valence-corrected chi connectivity index (χ2v) is 6.29. The molecule has 0 unspecified atom stereocenters. The maximum Gasteiger partial charge on any atom is 0.349 e. The third-order valence-corrected chi connectivity index (χ3v) is 3.85. The minimum absolute atomic E-state index is 0.263. The van der Waals surface area contributed by atoms with E-state index in [4.69, 9.17) is 25.8 Å². The van der Waals surface area contributed by atoms with Crippen LogP contribution in [0, 0.1) is 0 Å². The summed E-state index contributed by atoms with van der Waals surface area (Å²) in [7, 11) is 0. The van der Waals surface area contributed by atoms with E-state index in [9.17, 15) is 9.59 Å². The first kappa shape index (κ1) is 19.3. The zero-order valence-corrected chi connectivity index (χ0v) is 15.8. The van der Waals surface area contributed by atoms with Gasteiger partial charge in [-0.2, -0.15) is 0 Å².